The van der Waals surface area contributed by atoms with Crippen LogP contribution in [0.2, 0.25) is 10.0 Å². The summed E-state index contributed by atoms with van der Waals surface area (Å²) in [5.41, 5.74) is 0.653. The summed E-state index contributed by atoms with van der Waals surface area (Å²) in [5.74, 6) is -1.78. The molecule has 674 valence electrons. The molecule has 0 aromatic heterocycles. The van der Waals surface area contributed by atoms with Crippen LogP contribution >= 0.6 is 23.2 Å². The van der Waals surface area contributed by atoms with Gasteiger partial charge in [0.2, 0.25) is 23.6 Å². The predicted octanol–water partition coefficient (Wildman–Crippen LogP) is 12.8. The number of hydrogen-bond donors (Lipinski definition) is 5. The van der Waals surface area contributed by atoms with Crippen molar-refractivity contribution in [2.75, 3.05) is 238 Å². The van der Waals surface area contributed by atoms with Gasteiger partial charge in [-0.05, 0) is 61.9 Å². The molecule has 1 saturated carbocycles. The normalized spacial score (nSPS) is 13.2. The number of hydrogen-bond acceptors (Lipinski definition) is 21. The lowest BCUT2D eigenvalue weighted by molar-refractivity contribution is -0.893. The smallest absolute Gasteiger partial charge is 0.328 e. The highest BCUT2D eigenvalue weighted by Crippen LogP contribution is 2.41. The van der Waals surface area contributed by atoms with Crippen molar-refractivity contribution < 1.29 is 104 Å². The van der Waals surface area contributed by atoms with E-state index >= 15 is 0 Å². The molecule has 5 amide bonds. The Morgan fingerprint density at radius 1 is 0.427 bits per heavy atom. The molecule has 0 spiro atoms. The Hall–Kier alpha value is -4.76. The Morgan fingerprint density at radius 2 is 0.812 bits per heavy atom. The van der Waals surface area contributed by atoms with E-state index in [9.17, 15) is 28.8 Å². The largest absolute Gasteiger partial charge is 0.467 e. The number of nitrogens with one attached hydrogen (secondary N) is 5. The fraction of sp³-hybridized carbons (Fsp3) is 0.795. The molecule has 0 aliphatic heterocycles. The summed E-state index contributed by atoms with van der Waals surface area (Å²) in [6, 6.07) is 10.7. The first-order chi connectivity index (χ1) is 57.1. The fourth-order valence-electron chi connectivity index (χ4n) is 13.3. The molecule has 3 rings (SSSR count). The van der Waals surface area contributed by atoms with Crippen LogP contribution in [0.3, 0.4) is 0 Å². The third-order valence-corrected chi connectivity index (χ3v) is 20.7. The number of amides is 5. The fourth-order valence-corrected chi connectivity index (χ4v) is 13.9. The summed E-state index contributed by atoms with van der Waals surface area (Å²) in [6.45, 7) is 19.6. The number of carbonyl (C=O) groups excluding carboxylic acids is 6. The molecule has 0 bridgehead atoms. The third-order valence-electron chi connectivity index (χ3n) is 20.1. The van der Waals surface area contributed by atoms with Crippen LogP contribution in [0.5, 0.6) is 0 Å². The molecule has 0 radical (unpaired) electrons. The van der Waals surface area contributed by atoms with Crippen molar-refractivity contribution in [2.24, 2.45) is 5.41 Å². The summed E-state index contributed by atoms with van der Waals surface area (Å²) in [6.07, 6.45) is 31.0. The highest BCUT2D eigenvalue weighted by Gasteiger charge is 2.42. The second kappa shape index (κ2) is 73.9. The van der Waals surface area contributed by atoms with Gasteiger partial charge in [-0.25, -0.2) is 4.79 Å². The van der Waals surface area contributed by atoms with Crippen molar-refractivity contribution >= 4 is 64.4 Å². The number of quaternary nitrogens is 1. The van der Waals surface area contributed by atoms with Gasteiger partial charge in [-0.3, -0.25) is 24.0 Å². The highest BCUT2D eigenvalue weighted by atomic mass is 35.5. The Morgan fingerprint density at radius 3 is 1.25 bits per heavy atom. The van der Waals surface area contributed by atoms with Crippen LogP contribution in [0.4, 0.5) is 5.69 Å². The molecule has 0 heterocycles. The standard InChI is InChI=1S/C88H152Cl2N6O21/c1-6-8-10-12-14-16-18-20-22-26-46-116-74-77(117-47-27-23-21-19-17-15-13-11-9-7-2)73-96(3,4)45-29-42-91-81(97)36-37-82(98)93-44-49-105-51-53-107-55-57-109-59-61-111-63-65-113-67-69-115-71-70-114-68-66-112-64-62-110-60-58-108-56-54-106-52-50-104-48-38-83(99)92-43-41-88(39-24-25-40-88)87(102)95-80(86(101)103-5)72-75-32-34-76(35-33-75)94-85(100)84-78(89)30-28-31-79(84)90/h28,30-35,77,80H,6-27,29,36-74H2,1-5H3,(H4-,91,92,93,94,95,97,98,99,100,102)/p+1/t77?,80-/m0/s1. The molecule has 117 heavy (non-hydrogen) atoms. The van der Waals surface area contributed by atoms with Gasteiger partial charge in [-0.2, -0.15) is 0 Å². The van der Waals surface area contributed by atoms with Crippen molar-refractivity contribution in [3.05, 3.63) is 63.6 Å². The van der Waals surface area contributed by atoms with Gasteiger partial charge in [0.15, 0.2) is 0 Å². The Balaban J connectivity index is 1.01. The van der Waals surface area contributed by atoms with Crippen LogP contribution in [-0.4, -0.2) is 284 Å². The van der Waals surface area contributed by atoms with Crippen LogP contribution in [0, 0.1) is 5.41 Å². The van der Waals surface area contributed by atoms with Crippen LogP contribution in [-0.2, 0) is 101 Å². The minimum absolute atomic E-state index is 0.0376. The van der Waals surface area contributed by atoms with E-state index in [2.05, 4.69) is 54.5 Å². The van der Waals surface area contributed by atoms with Crippen molar-refractivity contribution in [1.82, 2.24) is 21.3 Å². The zero-order valence-electron chi connectivity index (χ0n) is 72.3. The summed E-state index contributed by atoms with van der Waals surface area (Å²) < 4.78 is 85.4. The number of halogens is 2. The van der Waals surface area contributed by atoms with Crippen LogP contribution < -0.4 is 26.6 Å². The van der Waals surface area contributed by atoms with E-state index in [1.165, 1.54) is 123 Å². The van der Waals surface area contributed by atoms with Crippen molar-refractivity contribution in [1.29, 1.82) is 0 Å². The van der Waals surface area contributed by atoms with Gasteiger partial charge < -0.3 is 102 Å². The number of ether oxygens (including phenoxy) is 15. The molecule has 1 aliphatic rings. The lowest BCUT2D eigenvalue weighted by Crippen LogP contribution is -2.50. The zero-order chi connectivity index (χ0) is 84.4. The molecule has 27 nitrogen and oxygen atoms in total. The number of esters is 1. The molecule has 2 aromatic carbocycles. The molecule has 0 saturated heterocycles. The first kappa shape index (κ1) is 106. The first-order valence-corrected chi connectivity index (χ1v) is 44.8. The van der Waals surface area contributed by atoms with E-state index in [0.717, 1.165) is 68.5 Å². The molecule has 2 aromatic rings. The summed E-state index contributed by atoms with van der Waals surface area (Å²) in [4.78, 5) is 77.3. The van der Waals surface area contributed by atoms with Gasteiger partial charge >= 0.3 is 5.97 Å². The van der Waals surface area contributed by atoms with E-state index < -0.39 is 23.3 Å². The average molecular weight is 1700 g/mol. The predicted molar refractivity (Wildman–Crippen MR) is 457 cm³/mol. The second-order valence-electron chi connectivity index (χ2n) is 30.5. The minimum Gasteiger partial charge on any atom is -0.467 e. The van der Waals surface area contributed by atoms with Gasteiger partial charge in [-0.1, -0.05) is 184 Å². The molecule has 5 N–H and O–H groups in total. The molecule has 29 heteroatoms. The number of methoxy groups -OCH3 is 1. The Labute approximate surface area is 711 Å². The van der Waals surface area contributed by atoms with Crippen LogP contribution in [0.1, 0.15) is 216 Å². The number of rotatable bonds is 83. The molecular weight excluding hydrogens is 1550 g/mol. The number of unbranched alkanes of at least 4 members (excludes halogenated alkanes) is 18. The van der Waals surface area contributed by atoms with E-state index in [0.29, 0.717) is 203 Å². The van der Waals surface area contributed by atoms with Crippen LogP contribution in [0.25, 0.3) is 0 Å². The van der Waals surface area contributed by atoms with Crippen molar-refractivity contribution in [2.45, 2.75) is 219 Å². The quantitative estimate of drug-likeness (QED) is 0.0233. The molecular formula is C88H153Cl2N6O21+. The van der Waals surface area contributed by atoms with E-state index in [4.69, 9.17) is 94.3 Å². The lowest BCUT2D eigenvalue weighted by atomic mass is 9.81. The van der Waals surface area contributed by atoms with Gasteiger partial charge in [0.05, 0.1) is 214 Å². The molecule has 2 atom stereocenters. The number of benzene rings is 2. The average Bonchev–Trinajstić information content (AvgIpc) is 1.70. The maximum Gasteiger partial charge on any atom is 0.328 e. The molecule has 1 unspecified atom stereocenters. The van der Waals surface area contributed by atoms with E-state index in [1.807, 2.05) is 0 Å². The Kier molecular flexibility index (Phi) is 67.2. The minimum atomic E-state index is -0.948. The lowest BCUT2D eigenvalue weighted by Gasteiger charge is -2.33. The van der Waals surface area contributed by atoms with E-state index in [-0.39, 0.29) is 77.6 Å². The third kappa shape index (κ3) is 58.8. The van der Waals surface area contributed by atoms with Gasteiger partial charge in [0.1, 0.15) is 18.7 Å². The maximum atomic E-state index is 13.9. The van der Waals surface area contributed by atoms with Gasteiger partial charge in [0.25, 0.3) is 5.91 Å². The van der Waals surface area contributed by atoms with Crippen molar-refractivity contribution in [3.63, 3.8) is 0 Å². The number of carbonyl (C=O) groups is 6. The highest BCUT2D eigenvalue weighted by molar-refractivity contribution is 6.40. The monoisotopic (exact) mass is 1700 g/mol. The van der Waals surface area contributed by atoms with Crippen LogP contribution in [0.15, 0.2) is 42.5 Å². The zero-order valence-corrected chi connectivity index (χ0v) is 73.8. The van der Waals surface area contributed by atoms with E-state index in [1.54, 1.807) is 42.5 Å². The van der Waals surface area contributed by atoms with Gasteiger partial charge in [-0.15, -0.1) is 0 Å². The number of nitrogens with zero attached hydrogens (tertiary/aromatic N) is 1. The number of likely N-dealkylation sites (N-methyl/N-ethyl adjacent to an activating group) is 1. The first-order valence-electron chi connectivity index (χ1n) is 44.1. The molecule has 1 fully saturated rings. The second-order valence-corrected chi connectivity index (χ2v) is 31.3. The summed E-state index contributed by atoms with van der Waals surface area (Å²) >= 11 is 12.4. The van der Waals surface area contributed by atoms with Gasteiger partial charge in [0, 0.05) is 70.6 Å². The maximum absolute atomic E-state index is 13.9. The SMILES string of the molecule is CCCCCCCCCCCCOCC(C[N+](C)(C)CCCNC(=O)CCC(=O)NCCOCCOCCOCCOCCOCCOCCOCCOCCOCCOCCOCCOCCC(=O)NCCC1(C(=O)N[C@@H](Cc2ccc(NC(=O)c3c(Cl)cccc3Cl)cc2)C(=O)OC)CCCC1)OCCCCCCCCCCCC. The topological polar surface area (TPSA) is 301 Å². The summed E-state index contributed by atoms with van der Waals surface area (Å²) in [5, 5.41) is 14.9. The van der Waals surface area contributed by atoms with Crippen molar-refractivity contribution in [3.8, 4) is 0 Å². The summed E-state index contributed by atoms with van der Waals surface area (Å²) in [7, 11) is 5.74. The number of anilines is 1. The Bertz CT molecular complexity index is 2760. The molecule has 1 aliphatic carbocycles.